The summed E-state index contributed by atoms with van der Waals surface area (Å²) in [6.07, 6.45) is 3.64. The normalized spacial score (nSPS) is 10.1. The van der Waals surface area contributed by atoms with Gasteiger partial charge in [-0.15, -0.1) is 0 Å². The minimum Gasteiger partial charge on any atom is -0.492 e. The Morgan fingerprint density at radius 2 is 2.12 bits per heavy atom. The largest absolute Gasteiger partial charge is 0.492 e. The van der Waals surface area contributed by atoms with E-state index in [0.717, 1.165) is 18.8 Å². The summed E-state index contributed by atoms with van der Waals surface area (Å²) in [5, 5.41) is 3.30. The van der Waals surface area contributed by atoms with Gasteiger partial charge < -0.3 is 10.1 Å². The average Bonchev–Trinajstić information content (AvgIpc) is 2.41. The first-order valence-electron chi connectivity index (χ1n) is 5.64. The maximum absolute atomic E-state index is 5.55. The van der Waals surface area contributed by atoms with Crippen molar-refractivity contribution in [2.45, 2.75) is 6.54 Å². The van der Waals surface area contributed by atoms with E-state index in [1.165, 1.54) is 5.56 Å². The van der Waals surface area contributed by atoms with Crippen LogP contribution < -0.4 is 10.1 Å². The molecule has 3 nitrogen and oxygen atoms in total. The predicted molar refractivity (Wildman–Crippen MR) is 66.7 cm³/mol. The number of hydrogen-bond donors (Lipinski definition) is 1. The molecule has 0 bridgehead atoms. The molecule has 87 valence electrons. The third-order valence-corrected chi connectivity index (χ3v) is 2.29. The summed E-state index contributed by atoms with van der Waals surface area (Å²) in [5.41, 5.74) is 1.18. The molecule has 0 spiro atoms. The lowest BCUT2D eigenvalue weighted by molar-refractivity contribution is 0.313. The van der Waals surface area contributed by atoms with Crippen LogP contribution in [-0.2, 0) is 6.54 Å². The Morgan fingerprint density at radius 3 is 2.88 bits per heavy atom. The van der Waals surface area contributed by atoms with Crippen LogP contribution in [0.4, 0.5) is 0 Å². The Morgan fingerprint density at radius 1 is 1.24 bits per heavy atom. The van der Waals surface area contributed by atoms with Crippen LogP contribution in [0.25, 0.3) is 0 Å². The number of nitrogens with one attached hydrogen (secondary N) is 1. The molecule has 0 atom stereocenters. The van der Waals surface area contributed by atoms with Crippen molar-refractivity contribution in [2.75, 3.05) is 13.2 Å². The SMILES string of the molecule is [c]1ccc(OCCNCc2cccnc2)cc1. The second-order valence-corrected chi connectivity index (χ2v) is 3.62. The molecule has 2 rings (SSSR count). The number of ether oxygens (including phenoxy) is 1. The second kappa shape index (κ2) is 6.66. The molecule has 0 aliphatic carbocycles. The highest BCUT2D eigenvalue weighted by Gasteiger charge is 1.93. The molecule has 0 unspecified atom stereocenters. The molecule has 1 N–H and O–H groups in total. The van der Waals surface area contributed by atoms with Crippen LogP contribution in [0.5, 0.6) is 5.75 Å². The standard InChI is InChI=1S/C14H15N2O/c1-2-6-14(7-3-1)17-10-9-16-12-13-5-4-8-15-11-13/h2-8,11,16H,9-10,12H2. The van der Waals surface area contributed by atoms with E-state index < -0.39 is 0 Å². The fraction of sp³-hybridized carbons (Fsp3) is 0.214. The van der Waals surface area contributed by atoms with Gasteiger partial charge in [0.05, 0.1) is 0 Å². The van der Waals surface area contributed by atoms with Gasteiger partial charge in [-0.25, -0.2) is 0 Å². The van der Waals surface area contributed by atoms with Crippen LogP contribution in [0.3, 0.4) is 0 Å². The summed E-state index contributed by atoms with van der Waals surface area (Å²) in [7, 11) is 0. The summed E-state index contributed by atoms with van der Waals surface area (Å²) >= 11 is 0. The summed E-state index contributed by atoms with van der Waals surface area (Å²) in [5.74, 6) is 0.881. The van der Waals surface area contributed by atoms with E-state index in [-0.39, 0.29) is 0 Å². The molecule has 3 heteroatoms. The molecule has 0 amide bonds. The molecule has 17 heavy (non-hydrogen) atoms. The molecule has 0 saturated carbocycles. The second-order valence-electron chi connectivity index (χ2n) is 3.62. The Balaban J connectivity index is 1.61. The van der Waals surface area contributed by atoms with E-state index in [4.69, 9.17) is 4.74 Å². The van der Waals surface area contributed by atoms with Crippen molar-refractivity contribution in [3.63, 3.8) is 0 Å². The molecule has 1 aromatic heterocycles. The van der Waals surface area contributed by atoms with Crippen LogP contribution in [0, 0.1) is 6.07 Å². The lowest BCUT2D eigenvalue weighted by Crippen LogP contribution is -2.20. The third-order valence-electron chi connectivity index (χ3n) is 2.29. The zero-order valence-electron chi connectivity index (χ0n) is 9.60. The average molecular weight is 227 g/mol. The molecule has 0 fully saturated rings. The highest BCUT2D eigenvalue weighted by atomic mass is 16.5. The maximum Gasteiger partial charge on any atom is 0.119 e. The number of benzene rings is 1. The van der Waals surface area contributed by atoms with Gasteiger partial charge in [0.2, 0.25) is 0 Å². The van der Waals surface area contributed by atoms with Gasteiger partial charge in [0.1, 0.15) is 12.4 Å². The molecular formula is C14H15N2O. The van der Waals surface area contributed by atoms with Gasteiger partial charge >= 0.3 is 0 Å². The molecular weight excluding hydrogens is 212 g/mol. The van der Waals surface area contributed by atoms with E-state index >= 15 is 0 Å². The molecule has 0 aliphatic rings. The first kappa shape index (κ1) is 11.6. The summed E-state index contributed by atoms with van der Waals surface area (Å²) in [4.78, 5) is 4.06. The summed E-state index contributed by atoms with van der Waals surface area (Å²) < 4.78 is 5.55. The van der Waals surface area contributed by atoms with Crippen LogP contribution in [0.15, 0.2) is 48.8 Å². The number of hydrogen-bond acceptors (Lipinski definition) is 3. The molecule has 1 aromatic carbocycles. The van der Waals surface area contributed by atoms with Gasteiger partial charge in [0.25, 0.3) is 0 Å². The molecule has 0 aliphatic heterocycles. The minimum atomic E-state index is 0.657. The quantitative estimate of drug-likeness (QED) is 0.767. The van der Waals surface area contributed by atoms with Crippen molar-refractivity contribution < 1.29 is 4.74 Å². The van der Waals surface area contributed by atoms with Crippen molar-refractivity contribution in [1.82, 2.24) is 10.3 Å². The smallest absolute Gasteiger partial charge is 0.119 e. The van der Waals surface area contributed by atoms with Gasteiger partial charge in [-0.2, -0.15) is 0 Å². The first-order valence-corrected chi connectivity index (χ1v) is 5.64. The number of nitrogens with zero attached hydrogens (tertiary/aromatic N) is 1. The van der Waals surface area contributed by atoms with E-state index in [9.17, 15) is 0 Å². The van der Waals surface area contributed by atoms with E-state index in [0.29, 0.717) is 6.61 Å². The van der Waals surface area contributed by atoms with E-state index in [2.05, 4.69) is 16.4 Å². The highest BCUT2D eigenvalue weighted by molar-refractivity contribution is 5.20. The zero-order chi connectivity index (χ0) is 11.8. The fourth-order valence-corrected chi connectivity index (χ4v) is 1.44. The van der Waals surface area contributed by atoms with Crippen molar-refractivity contribution in [2.24, 2.45) is 0 Å². The summed E-state index contributed by atoms with van der Waals surface area (Å²) in [6, 6.07) is 14.4. The van der Waals surface area contributed by atoms with Gasteiger partial charge in [0, 0.05) is 25.5 Å². The van der Waals surface area contributed by atoms with Crippen LogP contribution >= 0.6 is 0 Å². The minimum absolute atomic E-state index is 0.657. The van der Waals surface area contributed by atoms with Gasteiger partial charge in [-0.3, -0.25) is 4.98 Å². The maximum atomic E-state index is 5.55. The van der Waals surface area contributed by atoms with Crippen molar-refractivity contribution in [1.29, 1.82) is 0 Å². The van der Waals surface area contributed by atoms with Crippen molar-refractivity contribution in [3.05, 3.63) is 60.4 Å². The molecule has 0 saturated heterocycles. The number of aromatic nitrogens is 1. The Kier molecular flexibility index (Phi) is 4.55. The van der Waals surface area contributed by atoms with E-state index in [1.54, 1.807) is 6.20 Å². The first-order chi connectivity index (χ1) is 8.45. The van der Waals surface area contributed by atoms with Crippen LogP contribution in [0.1, 0.15) is 5.56 Å². The number of pyridine rings is 1. The van der Waals surface area contributed by atoms with E-state index in [1.807, 2.05) is 42.6 Å². The van der Waals surface area contributed by atoms with Crippen LogP contribution in [-0.4, -0.2) is 18.1 Å². The van der Waals surface area contributed by atoms with Crippen molar-refractivity contribution in [3.8, 4) is 5.75 Å². The molecule has 2 aromatic rings. The third kappa shape index (κ3) is 4.25. The lowest BCUT2D eigenvalue weighted by Gasteiger charge is -2.07. The van der Waals surface area contributed by atoms with Crippen molar-refractivity contribution >= 4 is 0 Å². The Labute approximate surface area is 101 Å². The Bertz CT molecular complexity index is 375. The predicted octanol–water partition coefficient (Wildman–Crippen LogP) is 2.05. The summed E-state index contributed by atoms with van der Waals surface area (Å²) in [6.45, 7) is 2.29. The lowest BCUT2D eigenvalue weighted by atomic mass is 10.3. The topological polar surface area (TPSA) is 34.1 Å². The van der Waals surface area contributed by atoms with Crippen LogP contribution in [0.2, 0.25) is 0 Å². The van der Waals surface area contributed by atoms with Gasteiger partial charge in [-0.05, 0) is 29.8 Å². The van der Waals surface area contributed by atoms with Gasteiger partial charge in [0.15, 0.2) is 0 Å². The molecule has 1 radical (unpaired) electrons. The number of rotatable bonds is 6. The highest BCUT2D eigenvalue weighted by Crippen LogP contribution is 2.06. The zero-order valence-corrected chi connectivity index (χ0v) is 9.60. The Hall–Kier alpha value is -1.87. The fourth-order valence-electron chi connectivity index (χ4n) is 1.44. The monoisotopic (exact) mass is 227 g/mol. The van der Waals surface area contributed by atoms with Gasteiger partial charge in [-0.1, -0.05) is 18.2 Å². The molecule has 1 heterocycles.